The van der Waals surface area contributed by atoms with Crippen molar-refractivity contribution in [1.82, 2.24) is 4.90 Å². The van der Waals surface area contributed by atoms with Crippen LogP contribution in [0.1, 0.15) is 42.3 Å². The third kappa shape index (κ3) is 2.42. The SMILES string of the molecule is CC1=CC(C)(C)N2C(=O)C(=O)c3c(/C=C/N4CCOCC4)ccc1c32. The number of Topliss-reactive ketones (excluding diaryl/α,β-unsaturated/α-hetero) is 1. The van der Waals surface area contributed by atoms with Crippen LogP contribution in [0.5, 0.6) is 0 Å². The van der Waals surface area contributed by atoms with E-state index in [0.717, 1.165) is 35.5 Å². The number of carbonyl (C=O) groups is 2. The van der Waals surface area contributed by atoms with E-state index in [-0.39, 0.29) is 0 Å². The number of ketones is 1. The highest BCUT2D eigenvalue weighted by Gasteiger charge is 2.47. The summed E-state index contributed by atoms with van der Waals surface area (Å²) in [6.45, 7) is 9.07. The Labute approximate surface area is 147 Å². The van der Waals surface area contributed by atoms with Gasteiger partial charge in [-0.2, -0.15) is 0 Å². The molecule has 1 aromatic rings. The standard InChI is InChI=1S/C20H22N2O3/c1-13-12-20(2,3)22-17-15(13)5-4-14(16(17)18(23)19(22)24)6-7-21-8-10-25-11-9-21/h4-7,12H,8-11H2,1-3H3/b7-6+. The van der Waals surface area contributed by atoms with Gasteiger partial charge in [0, 0.05) is 18.7 Å². The minimum Gasteiger partial charge on any atom is -0.378 e. The Bertz CT molecular complexity index is 830. The van der Waals surface area contributed by atoms with Crippen LogP contribution in [-0.2, 0) is 9.53 Å². The minimum absolute atomic E-state index is 0.408. The van der Waals surface area contributed by atoms with Gasteiger partial charge in [0.25, 0.3) is 11.7 Å². The summed E-state index contributed by atoms with van der Waals surface area (Å²) >= 11 is 0. The maximum Gasteiger partial charge on any atom is 0.300 e. The quantitative estimate of drug-likeness (QED) is 0.778. The van der Waals surface area contributed by atoms with Crippen molar-refractivity contribution in [2.75, 3.05) is 31.2 Å². The number of hydrogen-bond donors (Lipinski definition) is 0. The molecular formula is C20H22N2O3. The minimum atomic E-state index is -0.498. The summed E-state index contributed by atoms with van der Waals surface area (Å²) in [4.78, 5) is 29.2. The van der Waals surface area contributed by atoms with Gasteiger partial charge >= 0.3 is 0 Å². The molecule has 0 N–H and O–H groups in total. The third-order valence-electron chi connectivity index (χ3n) is 5.14. The number of carbonyl (C=O) groups excluding carboxylic acids is 2. The second-order valence-electron chi connectivity index (χ2n) is 7.34. The van der Waals surface area contributed by atoms with Crippen LogP contribution in [-0.4, -0.2) is 48.4 Å². The van der Waals surface area contributed by atoms with Crippen LogP contribution in [0.25, 0.3) is 11.6 Å². The number of morpholine rings is 1. The van der Waals surface area contributed by atoms with E-state index in [9.17, 15) is 9.59 Å². The average Bonchev–Trinajstić information content (AvgIpc) is 2.85. The smallest absolute Gasteiger partial charge is 0.300 e. The van der Waals surface area contributed by atoms with Gasteiger partial charge in [0.1, 0.15) is 0 Å². The van der Waals surface area contributed by atoms with Gasteiger partial charge in [-0.05, 0) is 44.2 Å². The zero-order chi connectivity index (χ0) is 17.8. The highest BCUT2D eigenvalue weighted by molar-refractivity contribution is 6.53. The molecule has 3 aliphatic heterocycles. The van der Waals surface area contributed by atoms with E-state index in [1.165, 1.54) is 0 Å². The monoisotopic (exact) mass is 338 g/mol. The average molecular weight is 338 g/mol. The van der Waals surface area contributed by atoms with Gasteiger partial charge in [0.05, 0.1) is 30.0 Å². The Morgan fingerprint density at radius 2 is 1.88 bits per heavy atom. The van der Waals surface area contributed by atoms with Crippen LogP contribution in [0.4, 0.5) is 5.69 Å². The molecule has 0 atom stereocenters. The number of anilines is 1. The van der Waals surface area contributed by atoms with Crippen molar-refractivity contribution in [1.29, 1.82) is 0 Å². The molecule has 5 heteroatoms. The molecule has 1 saturated heterocycles. The molecule has 0 bridgehead atoms. The van der Waals surface area contributed by atoms with E-state index in [2.05, 4.69) is 11.0 Å². The molecule has 4 rings (SSSR count). The number of ether oxygens (including phenoxy) is 1. The van der Waals surface area contributed by atoms with E-state index < -0.39 is 17.2 Å². The molecule has 25 heavy (non-hydrogen) atoms. The van der Waals surface area contributed by atoms with E-state index in [0.29, 0.717) is 18.8 Å². The second kappa shape index (κ2) is 5.56. The Morgan fingerprint density at radius 3 is 2.60 bits per heavy atom. The molecule has 0 aliphatic carbocycles. The normalized spacial score (nSPS) is 21.8. The summed E-state index contributed by atoms with van der Waals surface area (Å²) in [7, 11) is 0. The van der Waals surface area contributed by atoms with Gasteiger partial charge in [-0.25, -0.2) is 0 Å². The lowest BCUT2D eigenvalue weighted by molar-refractivity contribution is -0.115. The topological polar surface area (TPSA) is 49.9 Å². The van der Waals surface area contributed by atoms with Crippen LogP contribution >= 0.6 is 0 Å². The lowest BCUT2D eigenvalue weighted by atomic mass is 9.88. The molecule has 3 heterocycles. The molecular weight excluding hydrogens is 316 g/mol. The second-order valence-corrected chi connectivity index (χ2v) is 7.34. The molecule has 0 saturated carbocycles. The first kappa shape index (κ1) is 16.1. The molecule has 0 spiro atoms. The van der Waals surface area contributed by atoms with Crippen molar-refractivity contribution in [2.24, 2.45) is 0 Å². The number of benzene rings is 1. The molecule has 3 aliphatic rings. The highest BCUT2D eigenvalue weighted by Crippen LogP contribution is 2.46. The van der Waals surface area contributed by atoms with Gasteiger partial charge in [-0.3, -0.25) is 14.5 Å². The molecule has 1 amide bonds. The molecule has 0 radical (unpaired) electrons. The molecule has 1 fully saturated rings. The lowest BCUT2D eigenvalue weighted by Crippen LogP contribution is -2.47. The predicted molar refractivity (Wildman–Crippen MR) is 97.4 cm³/mol. The number of rotatable bonds is 2. The fourth-order valence-corrected chi connectivity index (χ4v) is 3.98. The van der Waals surface area contributed by atoms with E-state index >= 15 is 0 Å². The zero-order valence-corrected chi connectivity index (χ0v) is 14.8. The number of hydrogen-bond acceptors (Lipinski definition) is 4. The molecule has 0 unspecified atom stereocenters. The van der Waals surface area contributed by atoms with Crippen molar-refractivity contribution in [2.45, 2.75) is 26.3 Å². The first-order valence-corrected chi connectivity index (χ1v) is 8.66. The fraction of sp³-hybridized carbons (Fsp3) is 0.400. The van der Waals surface area contributed by atoms with Crippen molar-refractivity contribution in [3.8, 4) is 0 Å². The van der Waals surface area contributed by atoms with Gasteiger partial charge in [0.2, 0.25) is 0 Å². The van der Waals surface area contributed by atoms with Gasteiger partial charge in [0.15, 0.2) is 0 Å². The summed E-state index contributed by atoms with van der Waals surface area (Å²) in [5.41, 5.74) is 3.68. The molecule has 130 valence electrons. The molecule has 0 aromatic heterocycles. The van der Waals surface area contributed by atoms with Crippen molar-refractivity contribution < 1.29 is 14.3 Å². The van der Waals surface area contributed by atoms with Gasteiger partial charge in [-0.15, -0.1) is 0 Å². The van der Waals surface area contributed by atoms with Crippen molar-refractivity contribution in [3.63, 3.8) is 0 Å². The van der Waals surface area contributed by atoms with Crippen LogP contribution in [0.3, 0.4) is 0 Å². The Hall–Kier alpha value is -2.40. The maximum atomic E-state index is 12.7. The largest absolute Gasteiger partial charge is 0.378 e. The Morgan fingerprint density at radius 1 is 1.16 bits per heavy atom. The summed E-state index contributed by atoms with van der Waals surface area (Å²) in [5, 5.41) is 0. The fourth-order valence-electron chi connectivity index (χ4n) is 3.98. The van der Waals surface area contributed by atoms with Crippen LogP contribution in [0.15, 0.2) is 24.4 Å². The van der Waals surface area contributed by atoms with E-state index in [4.69, 9.17) is 4.74 Å². The molecule has 5 nitrogen and oxygen atoms in total. The maximum absolute atomic E-state index is 12.7. The highest BCUT2D eigenvalue weighted by atomic mass is 16.5. The summed E-state index contributed by atoms with van der Waals surface area (Å²) < 4.78 is 5.36. The van der Waals surface area contributed by atoms with Gasteiger partial charge < -0.3 is 9.64 Å². The number of nitrogens with zero attached hydrogens (tertiary/aromatic N) is 2. The number of allylic oxidation sites excluding steroid dienone is 1. The summed E-state index contributed by atoms with van der Waals surface area (Å²) in [5.74, 6) is -0.841. The van der Waals surface area contributed by atoms with Crippen molar-refractivity contribution in [3.05, 3.63) is 41.1 Å². The first-order valence-electron chi connectivity index (χ1n) is 8.66. The van der Waals surface area contributed by atoms with E-state index in [1.807, 2.05) is 45.2 Å². The third-order valence-corrected chi connectivity index (χ3v) is 5.14. The lowest BCUT2D eigenvalue weighted by Gasteiger charge is -2.38. The molecule has 1 aromatic carbocycles. The summed E-state index contributed by atoms with van der Waals surface area (Å²) in [6.07, 6.45) is 5.99. The number of amides is 1. The van der Waals surface area contributed by atoms with Crippen LogP contribution < -0.4 is 4.90 Å². The zero-order valence-electron chi connectivity index (χ0n) is 14.8. The Balaban J connectivity index is 1.81. The van der Waals surface area contributed by atoms with Gasteiger partial charge in [-0.1, -0.05) is 18.2 Å². The predicted octanol–water partition coefficient (Wildman–Crippen LogP) is 2.71. The Kier molecular flexibility index (Phi) is 3.58. The van der Waals surface area contributed by atoms with Crippen LogP contribution in [0, 0.1) is 0 Å². The summed E-state index contributed by atoms with van der Waals surface area (Å²) in [6, 6.07) is 3.95. The van der Waals surface area contributed by atoms with Crippen molar-refractivity contribution >= 4 is 29.0 Å². The van der Waals surface area contributed by atoms with Crippen LogP contribution in [0.2, 0.25) is 0 Å². The first-order chi connectivity index (χ1) is 11.9. The van der Waals surface area contributed by atoms with E-state index in [1.54, 1.807) is 4.90 Å².